The van der Waals surface area contributed by atoms with Gasteiger partial charge in [-0.1, -0.05) is 12.1 Å². The van der Waals surface area contributed by atoms with E-state index in [1.165, 1.54) is 0 Å². The molecule has 1 atom stereocenters. The minimum Gasteiger partial charge on any atom is -0.384 e. The Kier molecular flexibility index (Phi) is 4.72. The number of anilines is 2. The number of hydrogen-bond donors (Lipinski definition) is 1. The number of fused-ring (bicyclic) bond motifs is 1. The minimum atomic E-state index is -0.609. The van der Waals surface area contributed by atoms with Gasteiger partial charge in [0.2, 0.25) is 5.91 Å². The van der Waals surface area contributed by atoms with E-state index in [2.05, 4.69) is 9.97 Å². The molecule has 2 amide bonds. The van der Waals surface area contributed by atoms with Gasteiger partial charge >= 0.3 is 0 Å². The van der Waals surface area contributed by atoms with Gasteiger partial charge in [0.25, 0.3) is 5.91 Å². The number of pyridine rings is 2. The number of amides is 2. The summed E-state index contributed by atoms with van der Waals surface area (Å²) in [5.74, 6) is 0.0594. The quantitative estimate of drug-likeness (QED) is 0.746. The minimum absolute atomic E-state index is 0.153. The van der Waals surface area contributed by atoms with Crippen molar-refractivity contribution < 1.29 is 9.59 Å². The van der Waals surface area contributed by atoms with Gasteiger partial charge in [-0.2, -0.15) is 0 Å². The summed E-state index contributed by atoms with van der Waals surface area (Å²) in [6, 6.07) is 14.0. The largest absolute Gasteiger partial charge is 0.384 e. The molecular weight excluding hydrogens is 366 g/mol. The zero-order valence-electron chi connectivity index (χ0n) is 16.2. The predicted octanol–water partition coefficient (Wildman–Crippen LogP) is 2.73. The molecule has 1 aliphatic heterocycles. The van der Waals surface area contributed by atoms with Gasteiger partial charge in [0, 0.05) is 19.4 Å². The van der Waals surface area contributed by atoms with Crippen molar-refractivity contribution in [3.05, 3.63) is 72.2 Å². The molecule has 0 unspecified atom stereocenters. The van der Waals surface area contributed by atoms with Crippen molar-refractivity contribution in [3.8, 4) is 11.1 Å². The zero-order chi connectivity index (χ0) is 20.5. The number of rotatable bonds is 3. The Hall–Kier alpha value is -3.74. The third-order valence-electron chi connectivity index (χ3n) is 5.18. The molecule has 7 heteroatoms. The highest BCUT2D eigenvalue weighted by Crippen LogP contribution is 2.32. The summed E-state index contributed by atoms with van der Waals surface area (Å²) in [6.45, 7) is 2.01. The summed E-state index contributed by atoms with van der Waals surface area (Å²) in [5, 5.41) is 0. The molecule has 0 spiro atoms. The van der Waals surface area contributed by atoms with E-state index in [-0.39, 0.29) is 18.4 Å². The topological polar surface area (TPSA) is 92.4 Å². The normalized spacial score (nSPS) is 16.6. The lowest BCUT2D eigenvalue weighted by atomic mass is 10.0. The maximum absolute atomic E-state index is 13.3. The number of hydrogen-bond acceptors (Lipinski definition) is 5. The highest BCUT2D eigenvalue weighted by molar-refractivity contribution is 6.11. The maximum atomic E-state index is 13.3. The van der Waals surface area contributed by atoms with Crippen molar-refractivity contribution in [2.75, 3.05) is 17.7 Å². The zero-order valence-corrected chi connectivity index (χ0v) is 16.2. The van der Waals surface area contributed by atoms with E-state index < -0.39 is 6.04 Å². The van der Waals surface area contributed by atoms with E-state index in [1.54, 1.807) is 48.3 Å². The highest BCUT2D eigenvalue weighted by Gasteiger charge is 2.35. The fraction of sp³-hybridized carbons (Fsp3) is 0.182. The van der Waals surface area contributed by atoms with Gasteiger partial charge in [-0.25, -0.2) is 4.98 Å². The van der Waals surface area contributed by atoms with Crippen LogP contribution in [0, 0.1) is 0 Å². The van der Waals surface area contributed by atoms with Crippen molar-refractivity contribution in [2.45, 2.75) is 19.5 Å². The molecule has 1 aliphatic rings. The van der Waals surface area contributed by atoms with Gasteiger partial charge in [0.05, 0.1) is 23.5 Å². The molecule has 3 heterocycles. The fourth-order valence-electron chi connectivity index (χ4n) is 3.54. The summed E-state index contributed by atoms with van der Waals surface area (Å²) >= 11 is 0. The van der Waals surface area contributed by atoms with Gasteiger partial charge in [-0.15, -0.1) is 0 Å². The van der Waals surface area contributed by atoms with Crippen LogP contribution in [0.25, 0.3) is 11.1 Å². The van der Waals surface area contributed by atoms with Crippen LogP contribution in [0.4, 0.5) is 11.5 Å². The summed E-state index contributed by atoms with van der Waals surface area (Å²) in [7, 11) is 1.69. The van der Waals surface area contributed by atoms with Crippen LogP contribution in [0.5, 0.6) is 0 Å². The van der Waals surface area contributed by atoms with E-state index in [0.29, 0.717) is 17.1 Å². The van der Waals surface area contributed by atoms with E-state index in [0.717, 1.165) is 16.8 Å². The Bertz CT molecular complexity index is 1080. The van der Waals surface area contributed by atoms with Crippen molar-refractivity contribution in [1.82, 2.24) is 14.9 Å². The lowest BCUT2D eigenvalue weighted by Gasteiger charge is -2.26. The molecular formula is C22H21N5O2. The smallest absolute Gasteiger partial charge is 0.257 e. The maximum Gasteiger partial charge on any atom is 0.257 e. The first-order chi connectivity index (χ1) is 14.0. The van der Waals surface area contributed by atoms with Crippen molar-refractivity contribution in [2.24, 2.45) is 0 Å². The number of benzene rings is 1. The molecule has 2 N–H and O–H groups in total. The molecule has 146 valence electrons. The monoisotopic (exact) mass is 387 g/mol. The second-order valence-corrected chi connectivity index (χ2v) is 7.03. The molecule has 0 saturated heterocycles. The van der Waals surface area contributed by atoms with Crippen LogP contribution >= 0.6 is 0 Å². The van der Waals surface area contributed by atoms with Crippen LogP contribution in [0.3, 0.4) is 0 Å². The van der Waals surface area contributed by atoms with Crippen LogP contribution in [-0.4, -0.2) is 39.8 Å². The average Bonchev–Trinajstić information content (AvgIpc) is 2.81. The standard InChI is InChI=1S/C22H21N5O2/c1-14-21(28)26(2)19-11-15(16-8-10-25-20(23)12-16)6-7-18(19)22(29)27(14)13-17-5-3-4-9-24-17/h3-12,14H,13H2,1-2H3,(H2,23,25)/t14-/m1/s1. The third kappa shape index (κ3) is 3.42. The molecule has 2 aromatic heterocycles. The SMILES string of the molecule is C[C@@H]1C(=O)N(C)c2cc(-c3ccnc(N)c3)ccc2C(=O)N1Cc1ccccn1. The Morgan fingerprint density at radius 1 is 1.00 bits per heavy atom. The molecule has 0 aliphatic carbocycles. The number of aromatic nitrogens is 2. The number of nitrogen functional groups attached to an aromatic ring is 1. The average molecular weight is 387 g/mol. The lowest BCUT2D eigenvalue weighted by molar-refractivity contribution is -0.122. The molecule has 0 fully saturated rings. The van der Waals surface area contributed by atoms with Crippen molar-refractivity contribution in [3.63, 3.8) is 0 Å². The summed E-state index contributed by atoms with van der Waals surface area (Å²) in [6.07, 6.45) is 3.31. The van der Waals surface area contributed by atoms with E-state index >= 15 is 0 Å². The van der Waals surface area contributed by atoms with Crippen molar-refractivity contribution >= 4 is 23.3 Å². The number of carbonyl (C=O) groups excluding carboxylic acids is 2. The molecule has 29 heavy (non-hydrogen) atoms. The summed E-state index contributed by atoms with van der Waals surface area (Å²) < 4.78 is 0. The summed E-state index contributed by atoms with van der Waals surface area (Å²) in [4.78, 5) is 37.8. The van der Waals surface area contributed by atoms with Crippen LogP contribution in [0.2, 0.25) is 0 Å². The van der Waals surface area contributed by atoms with E-state index in [4.69, 9.17) is 5.73 Å². The number of likely N-dealkylation sites (N-methyl/N-ethyl adjacent to an activating group) is 1. The number of nitrogens with zero attached hydrogens (tertiary/aromatic N) is 4. The van der Waals surface area contributed by atoms with Gasteiger partial charge in [0.15, 0.2) is 0 Å². The third-order valence-corrected chi connectivity index (χ3v) is 5.18. The first kappa shape index (κ1) is 18.6. The molecule has 0 saturated carbocycles. The van der Waals surface area contributed by atoms with Crippen molar-refractivity contribution in [1.29, 1.82) is 0 Å². The number of carbonyl (C=O) groups is 2. The van der Waals surface area contributed by atoms with Crippen LogP contribution < -0.4 is 10.6 Å². The van der Waals surface area contributed by atoms with E-state index in [9.17, 15) is 9.59 Å². The molecule has 7 nitrogen and oxygen atoms in total. The Labute approximate surface area is 168 Å². The Morgan fingerprint density at radius 2 is 1.79 bits per heavy atom. The molecule has 1 aromatic carbocycles. The van der Waals surface area contributed by atoms with Crippen LogP contribution in [-0.2, 0) is 11.3 Å². The summed E-state index contributed by atoms with van der Waals surface area (Å²) in [5.41, 5.74) is 9.31. The van der Waals surface area contributed by atoms with Crippen LogP contribution in [0.15, 0.2) is 60.9 Å². The van der Waals surface area contributed by atoms with Crippen LogP contribution in [0.1, 0.15) is 23.0 Å². The predicted molar refractivity (Wildman–Crippen MR) is 111 cm³/mol. The van der Waals surface area contributed by atoms with Gasteiger partial charge in [-0.3, -0.25) is 14.6 Å². The second-order valence-electron chi connectivity index (χ2n) is 7.03. The molecule has 0 bridgehead atoms. The molecule has 0 radical (unpaired) electrons. The van der Waals surface area contributed by atoms with Gasteiger partial charge in [-0.05, 0) is 54.4 Å². The molecule has 4 rings (SSSR count). The lowest BCUT2D eigenvalue weighted by Crippen LogP contribution is -2.45. The first-order valence-electron chi connectivity index (χ1n) is 9.30. The fourth-order valence-corrected chi connectivity index (χ4v) is 3.54. The number of nitrogens with two attached hydrogens (primary N) is 1. The van der Waals surface area contributed by atoms with Gasteiger partial charge < -0.3 is 15.5 Å². The Morgan fingerprint density at radius 3 is 2.52 bits per heavy atom. The van der Waals surface area contributed by atoms with Gasteiger partial charge in [0.1, 0.15) is 11.9 Å². The Balaban J connectivity index is 1.77. The van der Waals surface area contributed by atoms with E-state index in [1.807, 2.05) is 36.4 Å². The first-order valence-corrected chi connectivity index (χ1v) is 9.30. The second kappa shape index (κ2) is 7.35. The highest BCUT2D eigenvalue weighted by atomic mass is 16.2. The molecule has 3 aromatic rings.